The van der Waals surface area contributed by atoms with Crippen LogP contribution < -0.4 is 5.32 Å². The van der Waals surface area contributed by atoms with Crippen LogP contribution in [0.15, 0.2) is 67.0 Å². The summed E-state index contributed by atoms with van der Waals surface area (Å²) in [6, 6.07) is 18.4. The third-order valence-electron chi connectivity index (χ3n) is 4.67. The molecule has 0 aliphatic carbocycles. The van der Waals surface area contributed by atoms with Crippen molar-refractivity contribution in [2.24, 2.45) is 0 Å². The quantitative estimate of drug-likeness (QED) is 0.509. The van der Waals surface area contributed by atoms with E-state index in [0.29, 0.717) is 16.9 Å². The molecule has 0 bridgehead atoms. The van der Waals surface area contributed by atoms with Gasteiger partial charge >= 0.3 is 5.97 Å². The van der Waals surface area contributed by atoms with Crippen LogP contribution in [0.1, 0.15) is 33.5 Å². The molecule has 150 valence electrons. The molecule has 0 aliphatic heterocycles. The molecule has 0 saturated carbocycles. The van der Waals surface area contributed by atoms with Crippen LogP contribution >= 0.6 is 0 Å². The van der Waals surface area contributed by atoms with Crippen LogP contribution in [-0.2, 0) is 4.74 Å². The van der Waals surface area contributed by atoms with E-state index < -0.39 is 5.97 Å². The van der Waals surface area contributed by atoms with Crippen LogP contribution in [0.3, 0.4) is 0 Å². The molecule has 0 spiro atoms. The number of para-hydroxylation sites is 2. The number of nitrogens with zero attached hydrogens (tertiary/aromatic N) is 3. The number of fused-ring (bicyclic) bond motifs is 1. The van der Waals surface area contributed by atoms with Crippen molar-refractivity contribution in [1.82, 2.24) is 14.5 Å². The normalized spacial score (nSPS) is 10.7. The molecule has 0 aliphatic rings. The average Bonchev–Trinajstić information content (AvgIpc) is 3.18. The van der Waals surface area contributed by atoms with Gasteiger partial charge in [-0.15, -0.1) is 0 Å². The molecular weight excluding hydrogens is 380 g/mol. The van der Waals surface area contributed by atoms with Crippen molar-refractivity contribution in [1.29, 1.82) is 0 Å². The number of nitrogens with one attached hydrogen (secondary N) is 1. The molecule has 7 nitrogen and oxygen atoms in total. The first-order valence-corrected chi connectivity index (χ1v) is 9.55. The molecule has 0 fully saturated rings. The third kappa shape index (κ3) is 3.77. The van der Waals surface area contributed by atoms with Gasteiger partial charge in [-0.2, -0.15) is 0 Å². The number of anilines is 1. The predicted octanol–water partition coefficient (Wildman–Crippen LogP) is 4.16. The van der Waals surface area contributed by atoms with E-state index in [4.69, 9.17) is 4.74 Å². The molecule has 0 unspecified atom stereocenters. The van der Waals surface area contributed by atoms with Gasteiger partial charge in [0.25, 0.3) is 5.91 Å². The van der Waals surface area contributed by atoms with Crippen LogP contribution in [-0.4, -0.2) is 33.0 Å². The zero-order valence-corrected chi connectivity index (χ0v) is 16.6. The van der Waals surface area contributed by atoms with E-state index in [0.717, 1.165) is 16.7 Å². The zero-order chi connectivity index (χ0) is 21.1. The molecule has 4 rings (SSSR count). The molecule has 2 aromatic carbocycles. The summed E-state index contributed by atoms with van der Waals surface area (Å²) in [7, 11) is 0. The van der Waals surface area contributed by atoms with Gasteiger partial charge in [0.15, 0.2) is 0 Å². The van der Waals surface area contributed by atoms with Gasteiger partial charge in [-0.25, -0.2) is 14.8 Å². The number of carbonyl (C=O) groups is 2. The standard InChI is InChI=1S/C23H20N4O3/c1-3-30-23(29)18-12-13-20(25-15(18)2)22(28)26-16-8-10-17(11-9-16)27-14-24-19-6-4-5-7-21(19)27/h4-14H,3H2,1-2H3,(H,26,28). The molecule has 2 heterocycles. The summed E-state index contributed by atoms with van der Waals surface area (Å²) in [4.78, 5) is 33.1. The minimum atomic E-state index is -0.447. The Morgan fingerprint density at radius 2 is 1.80 bits per heavy atom. The van der Waals surface area contributed by atoms with E-state index in [2.05, 4.69) is 15.3 Å². The lowest BCUT2D eigenvalue weighted by molar-refractivity contribution is 0.0524. The maximum Gasteiger partial charge on any atom is 0.339 e. The second kappa shape index (κ2) is 8.16. The Labute approximate surface area is 173 Å². The van der Waals surface area contributed by atoms with Gasteiger partial charge in [-0.1, -0.05) is 12.1 Å². The molecule has 1 amide bonds. The van der Waals surface area contributed by atoms with Crippen molar-refractivity contribution in [3.8, 4) is 5.69 Å². The number of rotatable bonds is 5. The Morgan fingerprint density at radius 3 is 2.53 bits per heavy atom. The van der Waals surface area contributed by atoms with E-state index in [9.17, 15) is 9.59 Å². The molecule has 2 aromatic heterocycles. The van der Waals surface area contributed by atoms with Gasteiger partial charge in [0.05, 0.1) is 28.9 Å². The Bertz CT molecular complexity index is 1230. The molecule has 30 heavy (non-hydrogen) atoms. The van der Waals surface area contributed by atoms with Gasteiger partial charge in [0.1, 0.15) is 12.0 Å². The van der Waals surface area contributed by atoms with E-state index in [-0.39, 0.29) is 18.2 Å². The maximum atomic E-state index is 12.6. The fourth-order valence-electron chi connectivity index (χ4n) is 3.18. The molecule has 0 atom stereocenters. The van der Waals surface area contributed by atoms with Crippen molar-refractivity contribution in [2.75, 3.05) is 11.9 Å². The van der Waals surface area contributed by atoms with E-state index in [1.807, 2.05) is 53.1 Å². The van der Waals surface area contributed by atoms with Crippen LogP contribution in [0.25, 0.3) is 16.7 Å². The highest BCUT2D eigenvalue weighted by Crippen LogP contribution is 2.20. The molecule has 4 aromatic rings. The first kappa shape index (κ1) is 19.3. The Kier molecular flexibility index (Phi) is 5.26. The second-order valence-electron chi connectivity index (χ2n) is 6.65. The number of pyridine rings is 1. The van der Waals surface area contributed by atoms with Crippen molar-refractivity contribution >= 4 is 28.6 Å². The average molecular weight is 400 g/mol. The fraction of sp³-hybridized carbons (Fsp3) is 0.130. The highest BCUT2D eigenvalue weighted by molar-refractivity contribution is 6.03. The van der Waals surface area contributed by atoms with Crippen molar-refractivity contribution in [3.63, 3.8) is 0 Å². The van der Waals surface area contributed by atoms with Crippen LogP contribution in [0.2, 0.25) is 0 Å². The van der Waals surface area contributed by atoms with E-state index in [1.165, 1.54) is 6.07 Å². The SMILES string of the molecule is CCOC(=O)c1ccc(C(=O)Nc2ccc(-n3cnc4ccccc43)cc2)nc1C. The van der Waals surface area contributed by atoms with Gasteiger partial charge < -0.3 is 10.1 Å². The number of hydrogen-bond acceptors (Lipinski definition) is 5. The Morgan fingerprint density at radius 1 is 1.03 bits per heavy atom. The lowest BCUT2D eigenvalue weighted by Crippen LogP contribution is -2.16. The number of esters is 1. The number of amides is 1. The predicted molar refractivity (Wildman–Crippen MR) is 114 cm³/mol. The highest BCUT2D eigenvalue weighted by Gasteiger charge is 2.15. The van der Waals surface area contributed by atoms with Gasteiger partial charge in [0.2, 0.25) is 0 Å². The summed E-state index contributed by atoms with van der Waals surface area (Å²) in [5, 5.41) is 2.83. The highest BCUT2D eigenvalue weighted by atomic mass is 16.5. The molecule has 0 saturated heterocycles. The van der Waals surface area contributed by atoms with Crippen LogP contribution in [0.5, 0.6) is 0 Å². The van der Waals surface area contributed by atoms with Crippen molar-refractivity contribution in [2.45, 2.75) is 13.8 Å². The first-order chi connectivity index (χ1) is 14.6. The minimum absolute atomic E-state index is 0.227. The number of ether oxygens (including phenoxy) is 1. The lowest BCUT2D eigenvalue weighted by atomic mass is 10.2. The van der Waals surface area contributed by atoms with E-state index >= 15 is 0 Å². The number of hydrogen-bond donors (Lipinski definition) is 1. The summed E-state index contributed by atoms with van der Waals surface area (Å²) < 4.78 is 6.97. The largest absolute Gasteiger partial charge is 0.462 e. The topological polar surface area (TPSA) is 86.1 Å². The smallest absolute Gasteiger partial charge is 0.339 e. The van der Waals surface area contributed by atoms with Crippen LogP contribution in [0.4, 0.5) is 5.69 Å². The maximum absolute atomic E-state index is 12.6. The summed E-state index contributed by atoms with van der Waals surface area (Å²) in [6.45, 7) is 3.70. The van der Waals surface area contributed by atoms with E-state index in [1.54, 1.807) is 26.2 Å². The molecule has 0 radical (unpaired) electrons. The lowest BCUT2D eigenvalue weighted by Gasteiger charge is -2.09. The molecular formula is C23H20N4O3. The monoisotopic (exact) mass is 400 g/mol. The number of imidazole rings is 1. The van der Waals surface area contributed by atoms with Gasteiger partial charge in [-0.3, -0.25) is 9.36 Å². The number of aryl methyl sites for hydroxylation is 1. The summed E-state index contributed by atoms with van der Waals surface area (Å²) in [5.41, 5.74) is 4.54. The minimum Gasteiger partial charge on any atom is -0.462 e. The van der Waals surface area contributed by atoms with Gasteiger partial charge in [-0.05, 0) is 62.4 Å². The van der Waals surface area contributed by atoms with Gasteiger partial charge in [0, 0.05) is 11.4 Å². The molecule has 1 N–H and O–H groups in total. The van der Waals surface area contributed by atoms with Crippen LogP contribution in [0, 0.1) is 6.92 Å². The summed E-state index contributed by atoms with van der Waals surface area (Å²) in [6.07, 6.45) is 1.77. The Hall–Kier alpha value is -4.00. The number of aromatic nitrogens is 3. The molecule has 7 heteroatoms. The second-order valence-corrected chi connectivity index (χ2v) is 6.65. The fourth-order valence-corrected chi connectivity index (χ4v) is 3.18. The van der Waals surface area contributed by atoms with Crippen molar-refractivity contribution < 1.29 is 14.3 Å². The van der Waals surface area contributed by atoms with Crippen molar-refractivity contribution in [3.05, 3.63) is 83.9 Å². The number of carbonyl (C=O) groups excluding carboxylic acids is 2. The zero-order valence-electron chi connectivity index (χ0n) is 16.6. The number of benzene rings is 2. The third-order valence-corrected chi connectivity index (χ3v) is 4.67. The Balaban J connectivity index is 1.50. The summed E-state index contributed by atoms with van der Waals surface area (Å²) >= 11 is 0. The first-order valence-electron chi connectivity index (χ1n) is 9.55. The summed E-state index contributed by atoms with van der Waals surface area (Å²) in [5.74, 6) is -0.800.